The molecule has 0 spiro atoms. The number of nitriles is 1. The van der Waals surface area contributed by atoms with Crippen LogP contribution in [0.1, 0.15) is 5.56 Å². The zero-order valence-electron chi connectivity index (χ0n) is 23.1. The average molecular weight is 549 g/mol. The highest BCUT2D eigenvalue weighted by atomic mass is 15.0. The lowest BCUT2D eigenvalue weighted by molar-refractivity contribution is 1.18. The number of hydrogen-bond donors (Lipinski definition) is 0. The van der Waals surface area contributed by atoms with Gasteiger partial charge in [0.25, 0.3) is 0 Å². The van der Waals surface area contributed by atoms with E-state index in [0.717, 1.165) is 49.8 Å². The Hall–Kier alpha value is -6.05. The number of fused-ring (bicyclic) bond motifs is 4. The zero-order valence-corrected chi connectivity index (χ0v) is 23.1. The van der Waals surface area contributed by atoms with E-state index in [-0.39, 0.29) is 0 Å². The van der Waals surface area contributed by atoms with E-state index in [2.05, 4.69) is 102 Å². The Balaban J connectivity index is 1.37. The quantitative estimate of drug-likeness (QED) is 0.220. The third-order valence-corrected chi connectivity index (χ3v) is 8.04. The fourth-order valence-corrected chi connectivity index (χ4v) is 5.96. The summed E-state index contributed by atoms with van der Waals surface area (Å²) in [7, 11) is 0. The van der Waals surface area contributed by atoms with E-state index in [0.29, 0.717) is 11.4 Å². The largest absolute Gasteiger partial charge is 0.309 e. The molecule has 0 saturated heterocycles. The minimum absolute atomic E-state index is 0.623. The van der Waals surface area contributed by atoms with Gasteiger partial charge in [0.2, 0.25) is 0 Å². The van der Waals surface area contributed by atoms with E-state index < -0.39 is 0 Å². The van der Waals surface area contributed by atoms with Crippen LogP contribution in [0.25, 0.3) is 72.2 Å². The first kappa shape index (κ1) is 24.7. The molecule has 0 amide bonds. The molecule has 200 valence electrons. The standard InChI is InChI=1S/C39H24N4/c40-25-26-15-17-28(18-16-26)38-32-13-7-8-14-35(32)41-39(42-38)30-20-22-37-34(24-30)33-23-29(27-9-3-1-4-10-27)19-21-36(33)43(37)31-11-5-2-6-12-31/h1-24H. The topological polar surface area (TPSA) is 54.5 Å². The summed E-state index contributed by atoms with van der Waals surface area (Å²) >= 11 is 0. The van der Waals surface area contributed by atoms with Gasteiger partial charge in [0.05, 0.1) is 33.9 Å². The van der Waals surface area contributed by atoms with Gasteiger partial charge in [0, 0.05) is 33.0 Å². The number of para-hydroxylation sites is 2. The molecule has 4 nitrogen and oxygen atoms in total. The highest BCUT2D eigenvalue weighted by Crippen LogP contribution is 2.37. The van der Waals surface area contributed by atoms with Crippen molar-refractivity contribution in [3.05, 3.63) is 151 Å². The van der Waals surface area contributed by atoms with Gasteiger partial charge in [0.1, 0.15) is 0 Å². The normalized spacial score (nSPS) is 11.2. The van der Waals surface area contributed by atoms with Gasteiger partial charge in [-0.2, -0.15) is 5.26 Å². The number of hydrogen-bond acceptors (Lipinski definition) is 3. The van der Waals surface area contributed by atoms with Gasteiger partial charge in [-0.25, -0.2) is 9.97 Å². The summed E-state index contributed by atoms with van der Waals surface area (Å²) in [5.41, 5.74) is 10.0. The van der Waals surface area contributed by atoms with Crippen LogP contribution in [0, 0.1) is 11.3 Å². The van der Waals surface area contributed by atoms with E-state index in [4.69, 9.17) is 9.97 Å². The van der Waals surface area contributed by atoms with E-state index in [1.165, 1.54) is 16.5 Å². The molecule has 2 aromatic heterocycles. The summed E-state index contributed by atoms with van der Waals surface area (Å²) in [5, 5.41) is 12.6. The Morgan fingerprint density at radius 1 is 0.488 bits per heavy atom. The Bertz CT molecular complexity index is 2330. The van der Waals surface area contributed by atoms with Crippen molar-refractivity contribution in [3.8, 4) is 45.5 Å². The molecule has 0 radical (unpaired) electrons. The van der Waals surface area contributed by atoms with Gasteiger partial charge < -0.3 is 4.57 Å². The van der Waals surface area contributed by atoms with E-state index in [9.17, 15) is 5.26 Å². The summed E-state index contributed by atoms with van der Waals surface area (Å²) in [6.45, 7) is 0. The molecule has 2 heterocycles. The van der Waals surface area contributed by atoms with Crippen LogP contribution in [0.5, 0.6) is 0 Å². The van der Waals surface area contributed by atoms with E-state index in [1.807, 2.05) is 54.6 Å². The van der Waals surface area contributed by atoms with Gasteiger partial charge >= 0.3 is 0 Å². The van der Waals surface area contributed by atoms with Crippen LogP contribution in [0.15, 0.2) is 146 Å². The maximum Gasteiger partial charge on any atom is 0.160 e. The minimum atomic E-state index is 0.623. The lowest BCUT2D eigenvalue weighted by Gasteiger charge is -2.10. The van der Waals surface area contributed by atoms with Crippen molar-refractivity contribution in [1.82, 2.24) is 14.5 Å². The molecule has 43 heavy (non-hydrogen) atoms. The summed E-state index contributed by atoms with van der Waals surface area (Å²) in [5.74, 6) is 0.666. The molecule has 0 unspecified atom stereocenters. The summed E-state index contributed by atoms with van der Waals surface area (Å²) in [4.78, 5) is 10.1. The lowest BCUT2D eigenvalue weighted by atomic mass is 10.0. The van der Waals surface area contributed by atoms with Gasteiger partial charge in [-0.05, 0) is 71.8 Å². The van der Waals surface area contributed by atoms with Crippen LogP contribution in [0.2, 0.25) is 0 Å². The van der Waals surface area contributed by atoms with Gasteiger partial charge in [-0.15, -0.1) is 0 Å². The van der Waals surface area contributed by atoms with Crippen molar-refractivity contribution < 1.29 is 0 Å². The molecule has 0 fully saturated rings. The Morgan fingerprint density at radius 2 is 1.09 bits per heavy atom. The van der Waals surface area contributed by atoms with Crippen molar-refractivity contribution in [2.45, 2.75) is 0 Å². The monoisotopic (exact) mass is 548 g/mol. The van der Waals surface area contributed by atoms with Crippen molar-refractivity contribution in [2.75, 3.05) is 0 Å². The summed E-state index contributed by atoms with van der Waals surface area (Å²) in [6.07, 6.45) is 0. The molecule has 0 aliphatic heterocycles. The smallest absolute Gasteiger partial charge is 0.160 e. The van der Waals surface area contributed by atoms with Crippen LogP contribution in [0.3, 0.4) is 0 Å². The molecule has 0 aliphatic carbocycles. The highest BCUT2D eigenvalue weighted by molar-refractivity contribution is 6.11. The number of benzene rings is 6. The first-order chi connectivity index (χ1) is 21.3. The first-order valence-corrected chi connectivity index (χ1v) is 14.2. The Morgan fingerprint density at radius 3 is 1.81 bits per heavy atom. The molecule has 0 atom stereocenters. The second-order valence-electron chi connectivity index (χ2n) is 10.6. The van der Waals surface area contributed by atoms with Crippen molar-refractivity contribution in [3.63, 3.8) is 0 Å². The molecule has 6 aromatic carbocycles. The predicted molar refractivity (Wildman–Crippen MR) is 175 cm³/mol. The second kappa shape index (κ2) is 10.1. The summed E-state index contributed by atoms with van der Waals surface area (Å²) in [6, 6.07) is 52.1. The van der Waals surface area contributed by atoms with E-state index >= 15 is 0 Å². The molecule has 8 rings (SSSR count). The Labute approximate surface area is 248 Å². The third kappa shape index (κ3) is 4.23. The van der Waals surface area contributed by atoms with E-state index in [1.54, 1.807) is 0 Å². The fraction of sp³-hybridized carbons (Fsp3) is 0. The van der Waals surface area contributed by atoms with Crippen molar-refractivity contribution in [1.29, 1.82) is 5.26 Å². The van der Waals surface area contributed by atoms with Crippen LogP contribution >= 0.6 is 0 Å². The molecule has 0 N–H and O–H groups in total. The highest BCUT2D eigenvalue weighted by Gasteiger charge is 2.17. The second-order valence-corrected chi connectivity index (χ2v) is 10.6. The van der Waals surface area contributed by atoms with Gasteiger partial charge in [-0.1, -0.05) is 84.9 Å². The Kier molecular flexibility index (Phi) is 5.80. The third-order valence-electron chi connectivity index (χ3n) is 8.04. The zero-order chi connectivity index (χ0) is 28.8. The molecule has 0 bridgehead atoms. The molecular weight excluding hydrogens is 524 g/mol. The summed E-state index contributed by atoms with van der Waals surface area (Å²) < 4.78 is 2.33. The van der Waals surface area contributed by atoms with Crippen LogP contribution in [0.4, 0.5) is 0 Å². The SMILES string of the molecule is N#Cc1ccc(-c2nc(-c3ccc4c(c3)c3cc(-c5ccccc5)ccc3n4-c3ccccc3)nc3ccccc23)cc1. The number of aromatic nitrogens is 3. The average Bonchev–Trinajstić information content (AvgIpc) is 3.41. The first-order valence-electron chi connectivity index (χ1n) is 14.2. The predicted octanol–water partition coefficient (Wildman–Crippen LogP) is 9.60. The fourth-order valence-electron chi connectivity index (χ4n) is 5.96. The van der Waals surface area contributed by atoms with Crippen molar-refractivity contribution >= 4 is 32.7 Å². The molecular formula is C39H24N4. The van der Waals surface area contributed by atoms with Crippen molar-refractivity contribution in [2.24, 2.45) is 0 Å². The van der Waals surface area contributed by atoms with Crippen LogP contribution in [-0.4, -0.2) is 14.5 Å². The van der Waals surface area contributed by atoms with Gasteiger partial charge in [0.15, 0.2) is 5.82 Å². The number of nitrogens with zero attached hydrogens (tertiary/aromatic N) is 4. The number of rotatable bonds is 4. The molecule has 0 saturated carbocycles. The van der Waals surface area contributed by atoms with Crippen LogP contribution < -0.4 is 0 Å². The minimum Gasteiger partial charge on any atom is -0.309 e. The van der Waals surface area contributed by atoms with Gasteiger partial charge in [-0.3, -0.25) is 0 Å². The molecule has 8 aromatic rings. The molecule has 0 aliphatic rings. The lowest BCUT2D eigenvalue weighted by Crippen LogP contribution is -1.96. The maximum atomic E-state index is 9.30. The molecule has 4 heteroatoms. The maximum absolute atomic E-state index is 9.30. The van der Waals surface area contributed by atoms with Crippen LogP contribution in [-0.2, 0) is 0 Å².